The minimum atomic E-state index is -0.329. The van der Waals surface area contributed by atoms with Gasteiger partial charge in [-0.3, -0.25) is 4.79 Å². The number of allylic oxidation sites excluding steroid dienone is 1. The zero-order valence-electron chi connectivity index (χ0n) is 9.40. The summed E-state index contributed by atoms with van der Waals surface area (Å²) in [6, 6.07) is 6.92. The van der Waals surface area contributed by atoms with E-state index in [1.807, 2.05) is 0 Å². The van der Waals surface area contributed by atoms with Crippen LogP contribution in [0.1, 0.15) is 29.8 Å². The maximum Gasteiger partial charge on any atom is 0.338 e. The zero-order chi connectivity index (χ0) is 12.0. The second kappa shape index (κ2) is 5.85. The van der Waals surface area contributed by atoms with E-state index in [2.05, 4.69) is 0 Å². The number of hydrogen-bond acceptors (Lipinski definition) is 3. The molecule has 3 heteroatoms. The fourth-order valence-corrected chi connectivity index (χ4v) is 1.23. The number of rotatable bonds is 4. The van der Waals surface area contributed by atoms with Gasteiger partial charge in [0, 0.05) is 0 Å². The van der Waals surface area contributed by atoms with E-state index in [0.717, 1.165) is 11.8 Å². The quantitative estimate of drug-likeness (QED) is 0.443. The molecule has 0 atom stereocenters. The summed E-state index contributed by atoms with van der Waals surface area (Å²) in [7, 11) is 0. The minimum Gasteiger partial charge on any atom is -0.462 e. The van der Waals surface area contributed by atoms with Crippen LogP contribution < -0.4 is 0 Å². The minimum absolute atomic E-state index is 0.329. The van der Waals surface area contributed by atoms with Crippen molar-refractivity contribution >= 4 is 18.3 Å². The van der Waals surface area contributed by atoms with E-state index in [-0.39, 0.29) is 5.97 Å². The van der Waals surface area contributed by atoms with Crippen molar-refractivity contribution in [3.63, 3.8) is 0 Å². The molecule has 0 aliphatic heterocycles. The fraction of sp³-hybridized carbons (Fsp3) is 0.231. The van der Waals surface area contributed by atoms with Crippen LogP contribution in [0.25, 0.3) is 6.08 Å². The third-order valence-corrected chi connectivity index (χ3v) is 2.00. The fourth-order valence-electron chi connectivity index (χ4n) is 1.23. The summed E-state index contributed by atoms with van der Waals surface area (Å²) in [5.41, 5.74) is 2.05. The molecule has 1 aromatic rings. The number of benzene rings is 1. The molecule has 0 unspecified atom stereocenters. The van der Waals surface area contributed by atoms with Crippen LogP contribution in [-0.2, 0) is 9.53 Å². The van der Waals surface area contributed by atoms with Crippen LogP contribution in [0.2, 0.25) is 0 Å². The summed E-state index contributed by atoms with van der Waals surface area (Å²) in [4.78, 5) is 21.8. The first-order chi connectivity index (χ1) is 7.67. The zero-order valence-corrected chi connectivity index (χ0v) is 9.40. The van der Waals surface area contributed by atoms with Gasteiger partial charge in [0.2, 0.25) is 0 Å². The van der Waals surface area contributed by atoms with Crippen LogP contribution in [0, 0.1) is 0 Å². The van der Waals surface area contributed by atoms with Crippen LogP contribution in [0.5, 0.6) is 0 Å². The number of carbonyl (C=O) groups is 2. The predicted octanol–water partition coefficient (Wildman–Crippen LogP) is 2.47. The number of aldehydes is 1. The molecular weight excluding hydrogens is 204 g/mol. The lowest BCUT2D eigenvalue weighted by molar-refractivity contribution is -0.104. The molecule has 0 saturated carbocycles. The summed E-state index contributed by atoms with van der Waals surface area (Å²) < 4.78 is 4.86. The Balaban J connectivity index is 2.83. The summed E-state index contributed by atoms with van der Waals surface area (Å²) in [5.74, 6) is -0.329. The summed E-state index contributed by atoms with van der Waals surface area (Å²) in [6.07, 6.45) is 2.54. The number of ether oxygens (including phenoxy) is 1. The van der Waals surface area contributed by atoms with Crippen LogP contribution in [0.15, 0.2) is 29.8 Å². The lowest BCUT2D eigenvalue weighted by atomic mass is 10.1. The summed E-state index contributed by atoms with van der Waals surface area (Å²) in [6.45, 7) is 3.86. The smallest absolute Gasteiger partial charge is 0.338 e. The monoisotopic (exact) mass is 218 g/mol. The average molecular weight is 218 g/mol. The van der Waals surface area contributed by atoms with Gasteiger partial charge in [-0.05, 0) is 43.2 Å². The predicted molar refractivity (Wildman–Crippen MR) is 62.1 cm³/mol. The van der Waals surface area contributed by atoms with E-state index >= 15 is 0 Å². The normalized spacial score (nSPS) is 11.0. The van der Waals surface area contributed by atoms with Gasteiger partial charge in [0.1, 0.15) is 6.29 Å². The molecule has 3 nitrogen and oxygen atoms in total. The highest BCUT2D eigenvalue weighted by molar-refractivity contribution is 5.90. The highest BCUT2D eigenvalue weighted by Gasteiger charge is 2.04. The summed E-state index contributed by atoms with van der Waals surface area (Å²) >= 11 is 0. The third-order valence-electron chi connectivity index (χ3n) is 2.00. The Hall–Kier alpha value is -1.90. The SMILES string of the molecule is CCOC(=O)c1ccc(/C=C(\C)C=O)cc1. The van der Waals surface area contributed by atoms with Crippen molar-refractivity contribution in [2.45, 2.75) is 13.8 Å². The molecule has 1 rings (SSSR count). The molecule has 0 bridgehead atoms. The molecule has 0 saturated heterocycles. The highest BCUT2D eigenvalue weighted by Crippen LogP contribution is 2.09. The molecule has 0 aliphatic carbocycles. The molecule has 1 aromatic carbocycles. The van der Waals surface area contributed by atoms with Gasteiger partial charge >= 0.3 is 5.97 Å². The second-order valence-electron chi connectivity index (χ2n) is 3.35. The Morgan fingerprint density at radius 2 is 1.94 bits per heavy atom. The van der Waals surface area contributed by atoms with E-state index in [1.165, 1.54) is 0 Å². The van der Waals surface area contributed by atoms with Crippen molar-refractivity contribution < 1.29 is 14.3 Å². The van der Waals surface area contributed by atoms with Crippen molar-refractivity contribution in [3.05, 3.63) is 41.0 Å². The van der Waals surface area contributed by atoms with E-state index in [9.17, 15) is 9.59 Å². The molecule has 0 N–H and O–H groups in total. The second-order valence-corrected chi connectivity index (χ2v) is 3.35. The molecule has 16 heavy (non-hydrogen) atoms. The Morgan fingerprint density at radius 1 is 1.31 bits per heavy atom. The molecule has 0 aromatic heterocycles. The van der Waals surface area contributed by atoms with Crippen molar-refractivity contribution in [2.24, 2.45) is 0 Å². The maximum absolute atomic E-state index is 11.3. The first-order valence-electron chi connectivity index (χ1n) is 5.08. The molecule has 0 amide bonds. The van der Waals surface area contributed by atoms with Crippen molar-refractivity contribution in [1.29, 1.82) is 0 Å². The Bertz CT molecular complexity index is 402. The van der Waals surface area contributed by atoms with Gasteiger partial charge in [-0.1, -0.05) is 12.1 Å². The van der Waals surface area contributed by atoms with Crippen molar-refractivity contribution in [2.75, 3.05) is 6.61 Å². The first kappa shape index (κ1) is 12.2. The average Bonchev–Trinajstić information content (AvgIpc) is 2.30. The van der Waals surface area contributed by atoms with E-state index < -0.39 is 0 Å². The molecule has 0 heterocycles. The van der Waals surface area contributed by atoms with Crippen molar-refractivity contribution in [3.8, 4) is 0 Å². The van der Waals surface area contributed by atoms with Crippen molar-refractivity contribution in [1.82, 2.24) is 0 Å². The molecule has 0 fully saturated rings. The van der Waals surface area contributed by atoms with Gasteiger partial charge in [-0.25, -0.2) is 4.79 Å². The van der Waals surface area contributed by atoms with Gasteiger partial charge in [0.15, 0.2) is 0 Å². The van der Waals surface area contributed by atoms with Gasteiger partial charge in [0.05, 0.1) is 12.2 Å². The third kappa shape index (κ3) is 3.35. The Morgan fingerprint density at radius 3 is 2.44 bits per heavy atom. The topological polar surface area (TPSA) is 43.4 Å². The number of esters is 1. The molecule has 0 aliphatic rings. The van der Waals surface area contributed by atoms with Crippen LogP contribution in [0.3, 0.4) is 0 Å². The lowest BCUT2D eigenvalue weighted by Crippen LogP contribution is -2.03. The van der Waals surface area contributed by atoms with E-state index in [0.29, 0.717) is 17.7 Å². The standard InChI is InChI=1S/C13H14O3/c1-3-16-13(15)12-6-4-11(5-7-12)8-10(2)9-14/h4-9H,3H2,1-2H3/b10-8+. The number of carbonyl (C=O) groups excluding carboxylic acids is 2. The highest BCUT2D eigenvalue weighted by atomic mass is 16.5. The van der Waals surface area contributed by atoms with Gasteiger partial charge in [-0.2, -0.15) is 0 Å². The van der Waals surface area contributed by atoms with E-state index in [1.54, 1.807) is 44.2 Å². The molecular formula is C13H14O3. The van der Waals surface area contributed by atoms with Gasteiger partial charge < -0.3 is 4.74 Å². The largest absolute Gasteiger partial charge is 0.462 e. The van der Waals surface area contributed by atoms with Crippen LogP contribution in [0.4, 0.5) is 0 Å². The Kier molecular flexibility index (Phi) is 4.45. The summed E-state index contributed by atoms with van der Waals surface area (Å²) in [5, 5.41) is 0. The van der Waals surface area contributed by atoms with E-state index in [4.69, 9.17) is 4.74 Å². The molecule has 84 valence electrons. The van der Waals surface area contributed by atoms with Gasteiger partial charge in [-0.15, -0.1) is 0 Å². The first-order valence-corrected chi connectivity index (χ1v) is 5.08. The Labute approximate surface area is 94.7 Å². The van der Waals surface area contributed by atoms with Gasteiger partial charge in [0.25, 0.3) is 0 Å². The van der Waals surface area contributed by atoms with Crippen LogP contribution in [-0.4, -0.2) is 18.9 Å². The lowest BCUT2D eigenvalue weighted by Gasteiger charge is -2.01. The number of hydrogen-bond donors (Lipinski definition) is 0. The van der Waals surface area contributed by atoms with Crippen LogP contribution >= 0.6 is 0 Å². The molecule has 0 radical (unpaired) electrons. The molecule has 0 spiro atoms. The maximum atomic E-state index is 11.3.